The minimum Gasteiger partial charge on any atom is -0.340 e. The molecule has 6 heavy (non-hydrogen) atoms. The van der Waals surface area contributed by atoms with Crippen molar-refractivity contribution < 1.29 is 0 Å². The lowest BCUT2D eigenvalue weighted by molar-refractivity contribution is 0.990. The van der Waals surface area contributed by atoms with Crippen LogP contribution in [-0.2, 0) is 0 Å². The molecule has 0 bridgehead atoms. The first-order valence-electron chi connectivity index (χ1n) is 2.50. The molecular formula is C4H13NSi. The van der Waals surface area contributed by atoms with Crippen molar-refractivity contribution in [2.75, 3.05) is 6.54 Å². The summed E-state index contributed by atoms with van der Waals surface area (Å²) in [6.07, 6.45) is 0. The van der Waals surface area contributed by atoms with E-state index in [1.54, 1.807) is 0 Å². The fourth-order valence-electron chi connectivity index (χ4n) is 0.408. The number of hydrogen-bond donors (Lipinski definition) is 1. The fourth-order valence-corrected chi connectivity index (χ4v) is 1.22. The number of nitrogens with one attached hydrogen (secondary N) is 1. The first-order valence-corrected chi connectivity index (χ1v) is 5.39. The highest BCUT2D eigenvalue weighted by Gasteiger charge is 1.85. The Morgan fingerprint density at radius 3 is 2.00 bits per heavy atom. The molecule has 0 aromatic carbocycles. The lowest BCUT2D eigenvalue weighted by Crippen LogP contribution is -2.26. The largest absolute Gasteiger partial charge is 0.340 e. The molecule has 0 fully saturated rings. The van der Waals surface area contributed by atoms with Gasteiger partial charge in [-0.2, -0.15) is 0 Å². The van der Waals surface area contributed by atoms with Crippen LogP contribution < -0.4 is 4.98 Å². The van der Waals surface area contributed by atoms with Gasteiger partial charge in [-0.05, 0) is 6.54 Å². The minimum atomic E-state index is -0.421. The average Bonchev–Trinajstić information content (AvgIpc) is 1.35. The summed E-state index contributed by atoms with van der Waals surface area (Å²) < 4.78 is 0. The van der Waals surface area contributed by atoms with E-state index < -0.39 is 8.96 Å². The molecule has 0 spiro atoms. The Morgan fingerprint density at radius 2 is 2.00 bits per heavy atom. The standard InChI is InChI=1S/C4H13NSi/c1-4-5-6(2)3/h5-6H,4H2,1-3H3. The van der Waals surface area contributed by atoms with E-state index in [0.29, 0.717) is 0 Å². The summed E-state index contributed by atoms with van der Waals surface area (Å²) in [6, 6.07) is 0. The van der Waals surface area contributed by atoms with Gasteiger partial charge in [0.05, 0.1) is 0 Å². The van der Waals surface area contributed by atoms with E-state index in [0.717, 1.165) is 6.54 Å². The molecule has 0 saturated carbocycles. The van der Waals surface area contributed by atoms with Crippen LogP contribution in [0.3, 0.4) is 0 Å². The second-order valence-corrected chi connectivity index (χ2v) is 4.43. The van der Waals surface area contributed by atoms with Crippen LogP contribution in [0.2, 0.25) is 13.1 Å². The number of hydrogen-bond acceptors (Lipinski definition) is 1. The summed E-state index contributed by atoms with van der Waals surface area (Å²) in [6.45, 7) is 7.85. The van der Waals surface area contributed by atoms with E-state index in [4.69, 9.17) is 0 Å². The summed E-state index contributed by atoms with van der Waals surface area (Å²) >= 11 is 0. The van der Waals surface area contributed by atoms with E-state index >= 15 is 0 Å². The third kappa shape index (κ3) is 4.18. The third-order valence-corrected chi connectivity index (χ3v) is 1.84. The van der Waals surface area contributed by atoms with Gasteiger partial charge >= 0.3 is 0 Å². The van der Waals surface area contributed by atoms with E-state index in [-0.39, 0.29) is 0 Å². The lowest BCUT2D eigenvalue weighted by Gasteiger charge is -1.98. The normalized spacial score (nSPS) is 10.0. The van der Waals surface area contributed by atoms with Crippen molar-refractivity contribution >= 4 is 8.96 Å². The fraction of sp³-hybridized carbons (Fsp3) is 1.00. The molecule has 0 unspecified atom stereocenters. The van der Waals surface area contributed by atoms with Gasteiger partial charge < -0.3 is 4.98 Å². The molecule has 1 nitrogen and oxygen atoms in total. The van der Waals surface area contributed by atoms with Gasteiger partial charge in [-0.25, -0.2) is 0 Å². The molecule has 2 heteroatoms. The monoisotopic (exact) mass is 103 g/mol. The molecule has 0 atom stereocenters. The lowest BCUT2D eigenvalue weighted by atomic mass is 10.8. The SMILES string of the molecule is CCN[SiH](C)C. The van der Waals surface area contributed by atoms with Crippen molar-refractivity contribution in [2.45, 2.75) is 20.0 Å². The van der Waals surface area contributed by atoms with Gasteiger partial charge in [0, 0.05) is 0 Å². The van der Waals surface area contributed by atoms with Crippen molar-refractivity contribution in [1.29, 1.82) is 0 Å². The smallest absolute Gasteiger partial charge is 0.102 e. The summed E-state index contributed by atoms with van der Waals surface area (Å²) in [5.74, 6) is 0. The van der Waals surface area contributed by atoms with E-state index in [1.807, 2.05) is 0 Å². The zero-order valence-corrected chi connectivity index (χ0v) is 5.94. The Bertz CT molecular complexity index is 28.7. The van der Waals surface area contributed by atoms with Gasteiger partial charge in [0.1, 0.15) is 8.96 Å². The van der Waals surface area contributed by atoms with Crippen LogP contribution in [0.25, 0.3) is 0 Å². The molecule has 0 amide bonds. The molecule has 0 aliphatic rings. The Balaban J connectivity index is 2.63. The van der Waals surface area contributed by atoms with Gasteiger partial charge in [-0.3, -0.25) is 0 Å². The van der Waals surface area contributed by atoms with Crippen LogP contribution in [0.1, 0.15) is 6.92 Å². The van der Waals surface area contributed by atoms with Crippen LogP contribution in [0.4, 0.5) is 0 Å². The zero-order chi connectivity index (χ0) is 4.99. The second kappa shape index (κ2) is 3.37. The Labute approximate surface area is 41.4 Å². The van der Waals surface area contributed by atoms with Crippen LogP contribution in [0.15, 0.2) is 0 Å². The van der Waals surface area contributed by atoms with Gasteiger partial charge in [0.2, 0.25) is 0 Å². The highest BCUT2D eigenvalue weighted by molar-refractivity contribution is 6.52. The zero-order valence-electron chi connectivity index (χ0n) is 4.78. The van der Waals surface area contributed by atoms with Crippen LogP contribution >= 0.6 is 0 Å². The summed E-state index contributed by atoms with van der Waals surface area (Å²) in [4.78, 5) is 3.35. The number of rotatable bonds is 2. The molecule has 0 rings (SSSR count). The Hall–Kier alpha value is 0.177. The van der Waals surface area contributed by atoms with Crippen LogP contribution in [0, 0.1) is 0 Å². The van der Waals surface area contributed by atoms with Crippen LogP contribution in [0.5, 0.6) is 0 Å². The van der Waals surface area contributed by atoms with E-state index in [1.165, 1.54) is 0 Å². The molecule has 0 heterocycles. The first kappa shape index (κ1) is 6.18. The second-order valence-electron chi connectivity index (χ2n) is 1.71. The third-order valence-electron chi connectivity index (χ3n) is 0.612. The van der Waals surface area contributed by atoms with Gasteiger partial charge in [0.15, 0.2) is 0 Å². The molecule has 0 aliphatic carbocycles. The molecule has 0 aromatic heterocycles. The molecule has 1 N–H and O–H groups in total. The molecule has 0 saturated heterocycles. The molecular weight excluding hydrogens is 90.1 g/mol. The molecule has 0 aliphatic heterocycles. The quantitative estimate of drug-likeness (QED) is 0.504. The highest BCUT2D eigenvalue weighted by atomic mass is 28.3. The Kier molecular flexibility index (Phi) is 3.47. The first-order chi connectivity index (χ1) is 2.77. The summed E-state index contributed by atoms with van der Waals surface area (Å²) in [5, 5.41) is 0. The molecule has 0 radical (unpaired) electrons. The molecule has 0 aromatic rings. The average molecular weight is 103 g/mol. The van der Waals surface area contributed by atoms with Crippen molar-refractivity contribution in [3.8, 4) is 0 Å². The van der Waals surface area contributed by atoms with Crippen molar-refractivity contribution in [3.63, 3.8) is 0 Å². The maximum atomic E-state index is 3.35. The Morgan fingerprint density at radius 1 is 1.50 bits per heavy atom. The van der Waals surface area contributed by atoms with Gasteiger partial charge in [0.25, 0.3) is 0 Å². The topological polar surface area (TPSA) is 12.0 Å². The van der Waals surface area contributed by atoms with E-state index in [9.17, 15) is 0 Å². The van der Waals surface area contributed by atoms with Crippen molar-refractivity contribution in [2.24, 2.45) is 0 Å². The summed E-state index contributed by atoms with van der Waals surface area (Å²) in [5.41, 5.74) is 0. The molecule has 38 valence electrons. The summed E-state index contributed by atoms with van der Waals surface area (Å²) in [7, 11) is -0.421. The van der Waals surface area contributed by atoms with Crippen molar-refractivity contribution in [1.82, 2.24) is 4.98 Å². The maximum absolute atomic E-state index is 3.35. The van der Waals surface area contributed by atoms with Gasteiger partial charge in [-0.15, -0.1) is 0 Å². The highest BCUT2D eigenvalue weighted by Crippen LogP contribution is 1.66. The van der Waals surface area contributed by atoms with E-state index in [2.05, 4.69) is 25.0 Å². The van der Waals surface area contributed by atoms with Gasteiger partial charge in [-0.1, -0.05) is 20.0 Å². The maximum Gasteiger partial charge on any atom is 0.102 e. The van der Waals surface area contributed by atoms with Crippen molar-refractivity contribution in [3.05, 3.63) is 0 Å². The minimum absolute atomic E-state index is 0.421. The van der Waals surface area contributed by atoms with Crippen LogP contribution in [-0.4, -0.2) is 15.5 Å². The predicted octanol–water partition coefficient (Wildman–Crippen LogP) is 0.579. The predicted molar refractivity (Wildman–Crippen MR) is 32.6 cm³/mol.